The SMILES string of the molecule is Cc1ccc(C(=O)N2CCN(C(=O)COc3ccc(Cl)cc3C(=O)Nc3ccc(Br)cc3Cl)CC2)cc1. The van der Waals surface area contributed by atoms with Crippen molar-refractivity contribution >= 4 is 62.5 Å². The van der Waals surface area contributed by atoms with Crippen LogP contribution in [0.5, 0.6) is 5.75 Å². The first-order chi connectivity index (χ1) is 17.7. The third-order valence-electron chi connectivity index (χ3n) is 5.93. The molecule has 4 rings (SSSR count). The minimum Gasteiger partial charge on any atom is -0.483 e. The Labute approximate surface area is 233 Å². The minimum atomic E-state index is -0.475. The summed E-state index contributed by atoms with van der Waals surface area (Å²) in [6, 6.07) is 17.1. The van der Waals surface area contributed by atoms with Crippen LogP contribution in [0.2, 0.25) is 10.0 Å². The van der Waals surface area contributed by atoms with E-state index >= 15 is 0 Å². The normalized spacial score (nSPS) is 13.3. The van der Waals surface area contributed by atoms with E-state index in [2.05, 4.69) is 21.2 Å². The average Bonchev–Trinajstić information content (AvgIpc) is 2.89. The molecule has 7 nitrogen and oxygen atoms in total. The van der Waals surface area contributed by atoms with Crippen molar-refractivity contribution in [3.05, 3.63) is 91.9 Å². The highest BCUT2D eigenvalue weighted by Crippen LogP contribution is 2.28. The molecule has 192 valence electrons. The lowest BCUT2D eigenvalue weighted by Gasteiger charge is -2.34. The predicted octanol–water partition coefficient (Wildman–Crippen LogP) is 5.68. The summed E-state index contributed by atoms with van der Waals surface area (Å²) in [5, 5.41) is 3.45. The number of aryl methyl sites for hydroxylation is 1. The Hall–Kier alpha value is -3.07. The van der Waals surface area contributed by atoms with Crippen LogP contribution in [-0.4, -0.2) is 60.3 Å². The molecule has 1 fully saturated rings. The Bertz CT molecular complexity index is 1330. The molecule has 0 unspecified atom stereocenters. The molecule has 3 amide bonds. The van der Waals surface area contributed by atoms with Crippen molar-refractivity contribution in [3.8, 4) is 5.75 Å². The van der Waals surface area contributed by atoms with E-state index in [0.29, 0.717) is 47.5 Å². The van der Waals surface area contributed by atoms with E-state index in [0.717, 1.165) is 10.0 Å². The summed E-state index contributed by atoms with van der Waals surface area (Å²) >= 11 is 15.7. The Kier molecular flexibility index (Phi) is 8.74. The van der Waals surface area contributed by atoms with Gasteiger partial charge in [0.25, 0.3) is 17.7 Å². The summed E-state index contributed by atoms with van der Waals surface area (Å²) in [7, 11) is 0. The first-order valence-electron chi connectivity index (χ1n) is 11.5. The van der Waals surface area contributed by atoms with E-state index < -0.39 is 5.91 Å². The fourth-order valence-electron chi connectivity index (χ4n) is 3.85. The molecular weight excluding hydrogens is 581 g/mol. The lowest BCUT2D eigenvalue weighted by atomic mass is 10.1. The largest absolute Gasteiger partial charge is 0.483 e. The number of hydrogen-bond acceptors (Lipinski definition) is 4. The van der Waals surface area contributed by atoms with Crippen molar-refractivity contribution in [1.82, 2.24) is 9.80 Å². The maximum atomic E-state index is 13.0. The molecule has 0 radical (unpaired) electrons. The molecule has 1 saturated heterocycles. The Balaban J connectivity index is 1.35. The number of carbonyl (C=O) groups is 3. The predicted molar refractivity (Wildman–Crippen MR) is 148 cm³/mol. The molecule has 1 aliphatic heterocycles. The second kappa shape index (κ2) is 12.0. The van der Waals surface area contributed by atoms with Gasteiger partial charge in [0.2, 0.25) is 0 Å². The van der Waals surface area contributed by atoms with E-state index in [1.807, 2.05) is 31.2 Å². The van der Waals surface area contributed by atoms with Gasteiger partial charge in [-0.1, -0.05) is 56.8 Å². The molecule has 37 heavy (non-hydrogen) atoms. The quantitative estimate of drug-likeness (QED) is 0.393. The van der Waals surface area contributed by atoms with E-state index in [1.165, 1.54) is 6.07 Å². The molecule has 3 aromatic rings. The van der Waals surface area contributed by atoms with Crippen LogP contribution in [0.4, 0.5) is 5.69 Å². The van der Waals surface area contributed by atoms with Gasteiger partial charge in [0, 0.05) is 41.2 Å². The van der Waals surface area contributed by atoms with Crippen LogP contribution in [0.15, 0.2) is 65.1 Å². The number of benzene rings is 3. The first-order valence-corrected chi connectivity index (χ1v) is 13.1. The van der Waals surface area contributed by atoms with E-state index in [9.17, 15) is 14.4 Å². The molecule has 1 aliphatic rings. The fraction of sp³-hybridized carbons (Fsp3) is 0.222. The summed E-state index contributed by atoms with van der Waals surface area (Å²) in [5.41, 5.74) is 2.32. The molecule has 0 spiro atoms. The molecular formula is C27H24BrCl2N3O4. The zero-order chi connectivity index (χ0) is 26.5. The number of halogens is 3. The molecule has 0 aliphatic carbocycles. The number of ether oxygens (including phenoxy) is 1. The number of anilines is 1. The van der Waals surface area contributed by atoms with Gasteiger partial charge in [-0.3, -0.25) is 14.4 Å². The number of amides is 3. The van der Waals surface area contributed by atoms with Crippen LogP contribution in [-0.2, 0) is 4.79 Å². The molecule has 1 N–H and O–H groups in total. The lowest BCUT2D eigenvalue weighted by molar-refractivity contribution is -0.134. The van der Waals surface area contributed by atoms with Gasteiger partial charge in [0.15, 0.2) is 6.61 Å². The second-order valence-corrected chi connectivity index (χ2v) is 10.3. The van der Waals surface area contributed by atoms with Crippen molar-refractivity contribution in [2.75, 3.05) is 38.1 Å². The highest BCUT2D eigenvalue weighted by Gasteiger charge is 2.25. The van der Waals surface area contributed by atoms with E-state index in [4.69, 9.17) is 27.9 Å². The molecule has 3 aromatic carbocycles. The van der Waals surface area contributed by atoms with Crippen molar-refractivity contribution in [1.29, 1.82) is 0 Å². The van der Waals surface area contributed by atoms with Gasteiger partial charge in [-0.2, -0.15) is 0 Å². The molecule has 10 heteroatoms. The highest BCUT2D eigenvalue weighted by atomic mass is 79.9. The number of piperazine rings is 1. The van der Waals surface area contributed by atoms with Crippen LogP contribution in [0.25, 0.3) is 0 Å². The molecule has 0 saturated carbocycles. The molecule has 0 bridgehead atoms. The Morgan fingerprint density at radius 2 is 1.59 bits per heavy atom. The van der Waals surface area contributed by atoms with Gasteiger partial charge in [-0.25, -0.2) is 0 Å². The summed E-state index contributed by atoms with van der Waals surface area (Å²) in [4.78, 5) is 41.9. The third-order valence-corrected chi connectivity index (χ3v) is 6.98. The molecule has 0 atom stereocenters. The van der Waals surface area contributed by atoms with Crippen molar-refractivity contribution in [2.45, 2.75) is 6.92 Å². The number of rotatable bonds is 6. The van der Waals surface area contributed by atoms with Crippen LogP contribution in [0, 0.1) is 6.92 Å². The number of nitrogens with one attached hydrogen (secondary N) is 1. The van der Waals surface area contributed by atoms with Gasteiger partial charge in [-0.15, -0.1) is 0 Å². The van der Waals surface area contributed by atoms with Gasteiger partial charge < -0.3 is 19.9 Å². The lowest BCUT2D eigenvalue weighted by Crippen LogP contribution is -2.51. The van der Waals surface area contributed by atoms with Crippen molar-refractivity contribution in [2.24, 2.45) is 0 Å². The smallest absolute Gasteiger partial charge is 0.260 e. The molecule has 0 aromatic heterocycles. The monoisotopic (exact) mass is 603 g/mol. The summed E-state index contributed by atoms with van der Waals surface area (Å²) in [5.74, 6) is -0.542. The highest BCUT2D eigenvalue weighted by molar-refractivity contribution is 9.10. The van der Waals surface area contributed by atoms with Crippen LogP contribution in [0.1, 0.15) is 26.3 Å². The number of nitrogens with zero attached hydrogens (tertiary/aromatic N) is 2. The van der Waals surface area contributed by atoms with Crippen LogP contribution >= 0.6 is 39.1 Å². The summed E-state index contributed by atoms with van der Waals surface area (Å²) in [6.45, 7) is 3.37. The summed E-state index contributed by atoms with van der Waals surface area (Å²) in [6.07, 6.45) is 0. The second-order valence-electron chi connectivity index (χ2n) is 8.55. The number of carbonyl (C=O) groups excluding carboxylic acids is 3. The van der Waals surface area contributed by atoms with E-state index in [-0.39, 0.29) is 29.7 Å². The Morgan fingerprint density at radius 1 is 0.919 bits per heavy atom. The van der Waals surface area contributed by atoms with Gasteiger partial charge in [-0.05, 0) is 55.5 Å². The minimum absolute atomic E-state index is 0.0500. The van der Waals surface area contributed by atoms with Gasteiger partial charge in [0.1, 0.15) is 5.75 Å². The molecule has 1 heterocycles. The fourth-order valence-corrected chi connectivity index (χ4v) is 4.75. The topological polar surface area (TPSA) is 79.0 Å². The third kappa shape index (κ3) is 6.83. The summed E-state index contributed by atoms with van der Waals surface area (Å²) < 4.78 is 6.52. The zero-order valence-electron chi connectivity index (χ0n) is 20.0. The van der Waals surface area contributed by atoms with Crippen LogP contribution in [0.3, 0.4) is 0 Å². The maximum absolute atomic E-state index is 13.0. The van der Waals surface area contributed by atoms with Gasteiger partial charge in [0.05, 0.1) is 16.3 Å². The maximum Gasteiger partial charge on any atom is 0.260 e. The first kappa shape index (κ1) is 27.0. The average molecular weight is 605 g/mol. The van der Waals surface area contributed by atoms with Crippen molar-refractivity contribution in [3.63, 3.8) is 0 Å². The zero-order valence-corrected chi connectivity index (χ0v) is 23.1. The Morgan fingerprint density at radius 3 is 2.27 bits per heavy atom. The van der Waals surface area contributed by atoms with E-state index in [1.54, 1.807) is 40.1 Å². The standard InChI is InChI=1S/C27H24BrCl2N3O4/c1-17-2-4-18(5-3-17)27(36)33-12-10-32(11-13-33)25(34)16-37-24-9-7-20(29)15-21(24)26(35)31-23-8-6-19(28)14-22(23)30/h2-9,14-15H,10-13,16H2,1H3,(H,31,35). The van der Waals surface area contributed by atoms with Gasteiger partial charge >= 0.3 is 0 Å². The number of hydrogen-bond donors (Lipinski definition) is 1. The van der Waals surface area contributed by atoms with Crippen molar-refractivity contribution < 1.29 is 19.1 Å². The van der Waals surface area contributed by atoms with Crippen LogP contribution < -0.4 is 10.1 Å².